The number of anilines is 2. The number of carboxylic acid groups (broad SMARTS) is 1. The van der Waals surface area contributed by atoms with Crippen LogP contribution in [-0.4, -0.2) is 25.7 Å². The number of pyridine rings is 1. The Hall–Kier alpha value is -3.09. The van der Waals surface area contributed by atoms with Crippen molar-refractivity contribution in [3.05, 3.63) is 42.1 Å². The fraction of sp³-hybridized carbons (Fsp3) is 0. The predicted molar refractivity (Wildman–Crippen MR) is 74.2 cm³/mol. The number of benzene rings is 1. The molecular weight excluding hydrogens is 258 g/mol. The van der Waals surface area contributed by atoms with Crippen molar-refractivity contribution in [2.75, 3.05) is 11.5 Å². The molecule has 5 N–H and O–H groups in total. The first kappa shape index (κ1) is 12.0. The van der Waals surface area contributed by atoms with Crippen LogP contribution in [0.15, 0.2) is 36.4 Å². The topological polar surface area (TPSA) is 120 Å². The third-order valence-electron chi connectivity index (χ3n) is 2.94. The second-order valence-corrected chi connectivity index (χ2v) is 4.26. The van der Waals surface area contributed by atoms with Crippen molar-refractivity contribution in [2.45, 2.75) is 0 Å². The molecule has 0 saturated heterocycles. The van der Waals surface area contributed by atoms with Gasteiger partial charge < -0.3 is 16.6 Å². The molecule has 0 bridgehead atoms. The number of nitrogens with two attached hydrogens (primary N) is 2. The number of fused-ring (bicyclic) bond motifs is 1. The highest BCUT2D eigenvalue weighted by molar-refractivity contribution is 5.95. The number of carboxylic acids is 1. The standard InChI is InChI=1S/C13H11N5O2/c14-8-3-1-7(2-4-8)9-5-6-10-16-13(15)17-18(10)11(9)12(19)20/h1-6H,14H2,(H2,15,17)(H,19,20). The van der Waals surface area contributed by atoms with Gasteiger partial charge in [-0.1, -0.05) is 12.1 Å². The van der Waals surface area contributed by atoms with Crippen LogP contribution >= 0.6 is 0 Å². The first-order valence-corrected chi connectivity index (χ1v) is 5.81. The minimum absolute atomic E-state index is 0.0106. The summed E-state index contributed by atoms with van der Waals surface area (Å²) >= 11 is 0. The zero-order valence-corrected chi connectivity index (χ0v) is 10.3. The van der Waals surface area contributed by atoms with E-state index < -0.39 is 5.97 Å². The van der Waals surface area contributed by atoms with E-state index in [9.17, 15) is 9.90 Å². The monoisotopic (exact) mass is 269 g/mol. The summed E-state index contributed by atoms with van der Waals surface area (Å²) in [5.74, 6) is -1.07. The van der Waals surface area contributed by atoms with Gasteiger partial charge in [0.05, 0.1) is 0 Å². The molecule has 0 fully saturated rings. The number of aromatic carboxylic acids is 1. The smallest absolute Gasteiger partial charge is 0.355 e. The Morgan fingerprint density at radius 3 is 2.45 bits per heavy atom. The minimum Gasteiger partial charge on any atom is -0.476 e. The molecule has 3 aromatic rings. The molecule has 0 atom stereocenters. The molecule has 0 saturated carbocycles. The van der Waals surface area contributed by atoms with Crippen LogP contribution in [0.5, 0.6) is 0 Å². The summed E-state index contributed by atoms with van der Waals surface area (Å²) in [5.41, 5.74) is 13.4. The summed E-state index contributed by atoms with van der Waals surface area (Å²) in [4.78, 5) is 15.5. The Kier molecular flexibility index (Phi) is 2.53. The highest BCUT2D eigenvalue weighted by atomic mass is 16.4. The summed E-state index contributed by atoms with van der Waals surface area (Å²) in [5, 5.41) is 13.4. The maximum absolute atomic E-state index is 11.5. The summed E-state index contributed by atoms with van der Waals surface area (Å²) in [6.07, 6.45) is 0. The molecule has 0 radical (unpaired) electrons. The Morgan fingerprint density at radius 1 is 1.10 bits per heavy atom. The Bertz CT molecular complexity index is 807. The lowest BCUT2D eigenvalue weighted by Gasteiger charge is -2.08. The zero-order chi connectivity index (χ0) is 14.3. The van der Waals surface area contributed by atoms with Crippen LogP contribution in [0, 0.1) is 0 Å². The quantitative estimate of drug-likeness (QED) is 0.602. The lowest BCUT2D eigenvalue weighted by molar-refractivity contribution is 0.0688. The number of hydrogen-bond donors (Lipinski definition) is 3. The molecule has 1 aromatic carbocycles. The van der Waals surface area contributed by atoms with Gasteiger partial charge in [-0.2, -0.15) is 4.98 Å². The molecule has 0 unspecified atom stereocenters. The summed E-state index contributed by atoms with van der Waals surface area (Å²) in [7, 11) is 0. The average Bonchev–Trinajstić information content (AvgIpc) is 2.78. The number of nitrogens with zero attached hydrogens (tertiary/aromatic N) is 3. The first-order chi connectivity index (χ1) is 9.56. The normalized spacial score (nSPS) is 10.8. The predicted octanol–water partition coefficient (Wildman–Crippen LogP) is 1.26. The fourth-order valence-electron chi connectivity index (χ4n) is 2.07. The van der Waals surface area contributed by atoms with Crippen LogP contribution in [-0.2, 0) is 0 Å². The molecular formula is C13H11N5O2. The van der Waals surface area contributed by atoms with Gasteiger partial charge >= 0.3 is 5.97 Å². The van der Waals surface area contributed by atoms with E-state index in [-0.39, 0.29) is 11.6 Å². The van der Waals surface area contributed by atoms with E-state index in [1.165, 1.54) is 4.52 Å². The van der Waals surface area contributed by atoms with E-state index in [1.54, 1.807) is 36.4 Å². The molecule has 0 aliphatic rings. The third kappa shape index (κ3) is 1.81. The second-order valence-electron chi connectivity index (χ2n) is 4.26. The molecule has 0 amide bonds. The van der Waals surface area contributed by atoms with Gasteiger partial charge in [0.1, 0.15) is 0 Å². The maximum Gasteiger partial charge on any atom is 0.355 e. The van der Waals surface area contributed by atoms with E-state index in [4.69, 9.17) is 11.5 Å². The van der Waals surface area contributed by atoms with Crippen LogP contribution in [0.3, 0.4) is 0 Å². The molecule has 0 spiro atoms. The molecule has 2 aromatic heterocycles. The van der Waals surface area contributed by atoms with Crippen LogP contribution in [0.25, 0.3) is 16.8 Å². The van der Waals surface area contributed by atoms with Gasteiger partial charge in [0.2, 0.25) is 5.95 Å². The van der Waals surface area contributed by atoms with Gasteiger partial charge in [-0.25, -0.2) is 9.31 Å². The van der Waals surface area contributed by atoms with Crippen LogP contribution in [0.1, 0.15) is 10.5 Å². The number of rotatable bonds is 2. The van der Waals surface area contributed by atoms with Gasteiger partial charge in [-0.05, 0) is 29.8 Å². The fourth-order valence-corrected chi connectivity index (χ4v) is 2.07. The van der Waals surface area contributed by atoms with E-state index >= 15 is 0 Å². The van der Waals surface area contributed by atoms with Crippen molar-refractivity contribution < 1.29 is 9.90 Å². The number of carbonyl (C=O) groups is 1. The number of aromatic nitrogens is 3. The van der Waals surface area contributed by atoms with Crippen LogP contribution in [0.2, 0.25) is 0 Å². The van der Waals surface area contributed by atoms with Crippen LogP contribution in [0.4, 0.5) is 11.6 Å². The molecule has 0 aliphatic carbocycles. The van der Waals surface area contributed by atoms with Gasteiger partial charge in [-0.3, -0.25) is 0 Å². The molecule has 100 valence electrons. The van der Waals surface area contributed by atoms with Gasteiger partial charge in [0.25, 0.3) is 0 Å². The van der Waals surface area contributed by atoms with Crippen molar-refractivity contribution in [3.63, 3.8) is 0 Å². The van der Waals surface area contributed by atoms with Crippen molar-refractivity contribution in [3.8, 4) is 11.1 Å². The van der Waals surface area contributed by atoms with Crippen molar-refractivity contribution in [2.24, 2.45) is 0 Å². The average molecular weight is 269 g/mol. The zero-order valence-electron chi connectivity index (χ0n) is 10.3. The maximum atomic E-state index is 11.5. The lowest BCUT2D eigenvalue weighted by atomic mass is 10.0. The van der Waals surface area contributed by atoms with Crippen molar-refractivity contribution >= 4 is 23.3 Å². The molecule has 7 nitrogen and oxygen atoms in total. The highest BCUT2D eigenvalue weighted by Gasteiger charge is 2.18. The van der Waals surface area contributed by atoms with E-state index in [2.05, 4.69) is 10.1 Å². The first-order valence-electron chi connectivity index (χ1n) is 5.81. The summed E-state index contributed by atoms with van der Waals surface area (Å²) in [6, 6.07) is 10.3. The highest BCUT2D eigenvalue weighted by Crippen LogP contribution is 2.25. The number of hydrogen-bond acceptors (Lipinski definition) is 5. The van der Waals surface area contributed by atoms with Crippen molar-refractivity contribution in [1.29, 1.82) is 0 Å². The molecule has 3 rings (SSSR count). The second kappa shape index (κ2) is 4.23. The number of nitrogen functional groups attached to an aromatic ring is 2. The van der Waals surface area contributed by atoms with Gasteiger partial charge in [0, 0.05) is 11.3 Å². The molecule has 2 heterocycles. The van der Waals surface area contributed by atoms with Crippen LogP contribution < -0.4 is 11.5 Å². The minimum atomic E-state index is -1.10. The molecule has 0 aliphatic heterocycles. The molecule has 7 heteroatoms. The van der Waals surface area contributed by atoms with Gasteiger partial charge in [-0.15, -0.1) is 5.10 Å². The van der Waals surface area contributed by atoms with E-state index in [0.717, 1.165) is 5.56 Å². The Labute approximate surface area is 113 Å². The Balaban J connectivity index is 2.32. The SMILES string of the molecule is Nc1ccc(-c2ccc3nc(N)nn3c2C(=O)O)cc1. The van der Waals surface area contributed by atoms with Crippen molar-refractivity contribution in [1.82, 2.24) is 14.6 Å². The largest absolute Gasteiger partial charge is 0.476 e. The Morgan fingerprint density at radius 2 is 1.80 bits per heavy atom. The third-order valence-corrected chi connectivity index (χ3v) is 2.94. The lowest BCUT2D eigenvalue weighted by Crippen LogP contribution is -2.09. The molecule has 20 heavy (non-hydrogen) atoms. The summed E-state index contributed by atoms with van der Waals surface area (Å²) < 4.78 is 1.23. The summed E-state index contributed by atoms with van der Waals surface area (Å²) in [6.45, 7) is 0. The van der Waals surface area contributed by atoms with E-state index in [1.807, 2.05) is 0 Å². The van der Waals surface area contributed by atoms with E-state index in [0.29, 0.717) is 16.9 Å². The van der Waals surface area contributed by atoms with Gasteiger partial charge in [0.15, 0.2) is 11.3 Å².